The lowest BCUT2D eigenvalue weighted by Crippen LogP contribution is -2.46. The van der Waals surface area contributed by atoms with Gasteiger partial charge in [-0.2, -0.15) is 0 Å². The number of hydrogen-bond donors (Lipinski definition) is 2. The van der Waals surface area contributed by atoms with Gasteiger partial charge in [0.15, 0.2) is 0 Å². The standard InChI is InChI=1S/C15H23NO4/c1-5-10(9-15(2,16)14(17)18)13-11(19-3)7-6-8-12(13)20-4/h6-8,10H,5,9,16H2,1-4H3,(H,17,18). The molecule has 20 heavy (non-hydrogen) atoms. The van der Waals surface area contributed by atoms with Gasteiger partial charge in [0.25, 0.3) is 0 Å². The normalized spacial score (nSPS) is 15.2. The maximum Gasteiger partial charge on any atom is 0.323 e. The Morgan fingerprint density at radius 2 is 1.85 bits per heavy atom. The average Bonchev–Trinajstić information content (AvgIpc) is 2.43. The molecule has 1 aromatic rings. The molecular formula is C15H23NO4. The fraction of sp³-hybridized carbons (Fsp3) is 0.533. The summed E-state index contributed by atoms with van der Waals surface area (Å²) in [5, 5.41) is 9.20. The smallest absolute Gasteiger partial charge is 0.323 e. The predicted octanol–water partition coefficient (Wildman–Crippen LogP) is 2.39. The zero-order valence-electron chi connectivity index (χ0n) is 12.5. The van der Waals surface area contributed by atoms with E-state index in [-0.39, 0.29) is 5.92 Å². The topological polar surface area (TPSA) is 81.8 Å². The largest absolute Gasteiger partial charge is 0.496 e. The number of ether oxygens (including phenoxy) is 2. The summed E-state index contributed by atoms with van der Waals surface area (Å²) >= 11 is 0. The van der Waals surface area contributed by atoms with Gasteiger partial charge in [-0.3, -0.25) is 4.79 Å². The quantitative estimate of drug-likeness (QED) is 0.802. The zero-order chi connectivity index (χ0) is 15.3. The van der Waals surface area contributed by atoms with Crippen molar-refractivity contribution in [3.63, 3.8) is 0 Å². The van der Waals surface area contributed by atoms with E-state index in [4.69, 9.17) is 15.2 Å². The van der Waals surface area contributed by atoms with Crippen LogP contribution in [0.4, 0.5) is 0 Å². The summed E-state index contributed by atoms with van der Waals surface area (Å²) in [6, 6.07) is 5.52. The van der Waals surface area contributed by atoms with Gasteiger partial charge in [-0.25, -0.2) is 0 Å². The number of benzene rings is 1. The number of carbonyl (C=O) groups is 1. The number of rotatable bonds is 7. The van der Waals surface area contributed by atoms with Gasteiger partial charge in [0.2, 0.25) is 0 Å². The Hall–Kier alpha value is -1.75. The van der Waals surface area contributed by atoms with Gasteiger partial charge in [-0.05, 0) is 37.8 Å². The van der Waals surface area contributed by atoms with Crippen molar-refractivity contribution < 1.29 is 19.4 Å². The van der Waals surface area contributed by atoms with Crippen molar-refractivity contribution in [2.45, 2.75) is 38.1 Å². The maximum absolute atomic E-state index is 11.2. The van der Waals surface area contributed by atoms with E-state index in [0.717, 1.165) is 12.0 Å². The summed E-state index contributed by atoms with van der Waals surface area (Å²) in [5.41, 5.74) is 5.46. The van der Waals surface area contributed by atoms with Crippen molar-refractivity contribution in [2.24, 2.45) is 5.73 Å². The number of aliphatic carboxylic acids is 1. The number of hydrogen-bond acceptors (Lipinski definition) is 4. The van der Waals surface area contributed by atoms with Crippen LogP contribution in [0.5, 0.6) is 11.5 Å². The van der Waals surface area contributed by atoms with Crippen molar-refractivity contribution in [1.82, 2.24) is 0 Å². The van der Waals surface area contributed by atoms with E-state index >= 15 is 0 Å². The highest BCUT2D eigenvalue weighted by molar-refractivity contribution is 5.78. The molecule has 2 unspecified atom stereocenters. The molecular weight excluding hydrogens is 258 g/mol. The van der Waals surface area contributed by atoms with Crippen LogP contribution in [0.1, 0.15) is 38.2 Å². The van der Waals surface area contributed by atoms with E-state index in [0.29, 0.717) is 17.9 Å². The molecule has 0 aliphatic heterocycles. The van der Waals surface area contributed by atoms with E-state index in [1.54, 1.807) is 14.2 Å². The van der Waals surface area contributed by atoms with Crippen LogP contribution in [-0.2, 0) is 4.79 Å². The molecule has 2 atom stereocenters. The Morgan fingerprint density at radius 1 is 1.35 bits per heavy atom. The van der Waals surface area contributed by atoms with E-state index in [1.165, 1.54) is 6.92 Å². The third kappa shape index (κ3) is 3.42. The van der Waals surface area contributed by atoms with Gasteiger partial charge >= 0.3 is 5.97 Å². The summed E-state index contributed by atoms with van der Waals surface area (Å²) < 4.78 is 10.8. The molecule has 1 rings (SSSR count). The van der Waals surface area contributed by atoms with Crippen LogP contribution >= 0.6 is 0 Å². The van der Waals surface area contributed by atoms with Crippen LogP contribution in [0.3, 0.4) is 0 Å². The van der Waals surface area contributed by atoms with E-state index in [9.17, 15) is 9.90 Å². The molecule has 0 amide bonds. The summed E-state index contributed by atoms with van der Waals surface area (Å²) in [6.45, 7) is 3.52. The summed E-state index contributed by atoms with van der Waals surface area (Å²) in [4.78, 5) is 11.2. The van der Waals surface area contributed by atoms with E-state index in [2.05, 4.69) is 0 Å². The second-order valence-electron chi connectivity index (χ2n) is 5.11. The van der Waals surface area contributed by atoms with E-state index < -0.39 is 11.5 Å². The molecule has 5 nitrogen and oxygen atoms in total. The minimum atomic E-state index is -1.29. The first kappa shape index (κ1) is 16.3. The molecule has 0 heterocycles. The molecule has 0 aliphatic carbocycles. The lowest BCUT2D eigenvalue weighted by molar-refractivity contribution is -0.143. The van der Waals surface area contributed by atoms with Crippen LogP contribution in [0, 0.1) is 0 Å². The Labute approximate surface area is 119 Å². The lowest BCUT2D eigenvalue weighted by atomic mass is 9.83. The molecule has 0 aliphatic rings. The SMILES string of the molecule is CCC(CC(C)(N)C(=O)O)c1c(OC)cccc1OC. The fourth-order valence-electron chi connectivity index (χ4n) is 2.33. The number of carboxylic acids is 1. The molecule has 0 radical (unpaired) electrons. The Balaban J connectivity index is 3.21. The zero-order valence-corrected chi connectivity index (χ0v) is 12.5. The summed E-state index contributed by atoms with van der Waals surface area (Å²) in [5.74, 6) is 0.326. The van der Waals surface area contributed by atoms with Crippen LogP contribution in [0.25, 0.3) is 0 Å². The first-order valence-corrected chi connectivity index (χ1v) is 6.60. The molecule has 0 saturated heterocycles. The highest BCUT2D eigenvalue weighted by Crippen LogP contribution is 2.40. The van der Waals surface area contributed by atoms with Crippen LogP contribution in [-0.4, -0.2) is 30.8 Å². The predicted molar refractivity (Wildman–Crippen MR) is 77.4 cm³/mol. The van der Waals surface area contributed by atoms with Gasteiger partial charge in [-0.15, -0.1) is 0 Å². The number of nitrogens with two attached hydrogens (primary N) is 1. The van der Waals surface area contributed by atoms with Crippen molar-refractivity contribution in [1.29, 1.82) is 0 Å². The Bertz CT molecular complexity index is 449. The second kappa shape index (κ2) is 6.61. The third-order valence-corrected chi connectivity index (χ3v) is 3.53. The molecule has 0 bridgehead atoms. The van der Waals surface area contributed by atoms with Crippen molar-refractivity contribution in [2.75, 3.05) is 14.2 Å². The van der Waals surface area contributed by atoms with Crippen LogP contribution < -0.4 is 15.2 Å². The van der Waals surface area contributed by atoms with Gasteiger partial charge in [0.05, 0.1) is 14.2 Å². The van der Waals surface area contributed by atoms with Crippen LogP contribution in [0.2, 0.25) is 0 Å². The summed E-state index contributed by atoms with van der Waals surface area (Å²) in [7, 11) is 3.17. The van der Waals surface area contributed by atoms with Crippen molar-refractivity contribution >= 4 is 5.97 Å². The van der Waals surface area contributed by atoms with Gasteiger partial charge in [-0.1, -0.05) is 13.0 Å². The summed E-state index contributed by atoms with van der Waals surface area (Å²) in [6.07, 6.45) is 1.06. The second-order valence-corrected chi connectivity index (χ2v) is 5.11. The Morgan fingerprint density at radius 3 is 2.20 bits per heavy atom. The highest BCUT2D eigenvalue weighted by Gasteiger charge is 2.33. The minimum Gasteiger partial charge on any atom is -0.496 e. The van der Waals surface area contributed by atoms with Gasteiger partial charge in [0, 0.05) is 5.56 Å². The first-order valence-electron chi connectivity index (χ1n) is 6.60. The van der Waals surface area contributed by atoms with E-state index in [1.807, 2.05) is 25.1 Å². The van der Waals surface area contributed by atoms with Gasteiger partial charge < -0.3 is 20.3 Å². The average molecular weight is 281 g/mol. The maximum atomic E-state index is 11.2. The number of carboxylic acid groups (broad SMARTS) is 1. The first-order chi connectivity index (χ1) is 9.37. The number of methoxy groups -OCH3 is 2. The molecule has 0 spiro atoms. The fourth-order valence-corrected chi connectivity index (χ4v) is 2.33. The molecule has 3 N–H and O–H groups in total. The molecule has 1 aromatic carbocycles. The van der Waals surface area contributed by atoms with Crippen LogP contribution in [0.15, 0.2) is 18.2 Å². The molecule has 0 saturated carbocycles. The Kier molecular flexibility index (Phi) is 5.39. The monoisotopic (exact) mass is 281 g/mol. The molecule has 112 valence electrons. The molecule has 0 fully saturated rings. The van der Waals surface area contributed by atoms with Crippen molar-refractivity contribution in [3.8, 4) is 11.5 Å². The molecule has 0 aromatic heterocycles. The van der Waals surface area contributed by atoms with Crippen molar-refractivity contribution in [3.05, 3.63) is 23.8 Å². The lowest BCUT2D eigenvalue weighted by Gasteiger charge is -2.27. The minimum absolute atomic E-state index is 0.0489. The molecule has 5 heteroatoms. The van der Waals surface area contributed by atoms with Gasteiger partial charge in [0.1, 0.15) is 17.0 Å². The highest BCUT2D eigenvalue weighted by atomic mass is 16.5. The third-order valence-electron chi connectivity index (χ3n) is 3.53.